The summed E-state index contributed by atoms with van der Waals surface area (Å²) in [6, 6.07) is 12.0. The van der Waals surface area contributed by atoms with Gasteiger partial charge in [0.05, 0.1) is 0 Å². The monoisotopic (exact) mass is 290 g/mol. The summed E-state index contributed by atoms with van der Waals surface area (Å²) in [5.74, 6) is -0.0503. The number of carbonyl (C=O) groups excluding carboxylic acids is 1. The van der Waals surface area contributed by atoms with Gasteiger partial charge >= 0.3 is 0 Å². The molecule has 0 amide bonds. The largest absolute Gasteiger partial charge is 0.399 e. The van der Waals surface area contributed by atoms with Gasteiger partial charge in [-0.25, -0.2) is 0 Å². The first kappa shape index (κ1) is 11.7. The summed E-state index contributed by atoms with van der Waals surface area (Å²) in [7, 11) is 0. The lowest BCUT2D eigenvalue weighted by Gasteiger charge is -2.04. The van der Waals surface area contributed by atoms with Crippen LogP contribution in [0.4, 0.5) is 11.4 Å². The molecule has 0 saturated carbocycles. The van der Waals surface area contributed by atoms with Gasteiger partial charge in [-0.3, -0.25) is 4.79 Å². The second-order valence-electron chi connectivity index (χ2n) is 3.69. The van der Waals surface area contributed by atoms with E-state index in [1.807, 2.05) is 0 Å². The molecular formula is C13H11BrN2O. The predicted molar refractivity (Wildman–Crippen MR) is 72.8 cm³/mol. The molecule has 0 bridgehead atoms. The van der Waals surface area contributed by atoms with Crippen molar-refractivity contribution in [2.75, 3.05) is 11.5 Å². The minimum atomic E-state index is -0.0503. The highest BCUT2D eigenvalue weighted by atomic mass is 79.9. The Morgan fingerprint density at radius 2 is 1.53 bits per heavy atom. The molecule has 0 heterocycles. The zero-order chi connectivity index (χ0) is 12.4. The molecule has 86 valence electrons. The van der Waals surface area contributed by atoms with E-state index in [-0.39, 0.29) is 5.78 Å². The first-order valence-corrected chi connectivity index (χ1v) is 5.82. The molecular weight excluding hydrogens is 280 g/mol. The van der Waals surface area contributed by atoms with Gasteiger partial charge in [0.15, 0.2) is 5.78 Å². The summed E-state index contributed by atoms with van der Waals surface area (Å²) in [5, 5.41) is 0. The van der Waals surface area contributed by atoms with Crippen molar-refractivity contribution in [1.82, 2.24) is 0 Å². The third kappa shape index (κ3) is 2.47. The molecule has 0 spiro atoms. The van der Waals surface area contributed by atoms with Crippen molar-refractivity contribution in [1.29, 1.82) is 0 Å². The number of rotatable bonds is 2. The van der Waals surface area contributed by atoms with Crippen LogP contribution in [-0.2, 0) is 0 Å². The van der Waals surface area contributed by atoms with Crippen LogP contribution in [0.2, 0.25) is 0 Å². The van der Waals surface area contributed by atoms with Gasteiger partial charge < -0.3 is 11.5 Å². The average molecular weight is 291 g/mol. The number of nitrogen functional groups attached to an aromatic ring is 2. The van der Waals surface area contributed by atoms with E-state index in [1.54, 1.807) is 42.5 Å². The fraction of sp³-hybridized carbons (Fsp3) is 0. The van der Waals surface area contributed by atoms with Crippen molar-refractivity contribution in [2.24, 2.45) is 0 Å². The van der Waals surface area contributed by atoms with E-state index >= 15 is 0 Å². The normalized spacial score (nSPS) is 10.2. The third-order valence-corrected chi connectivity index (χ3v) is 3.12. The average Bonchev–Trinajstić information content (AvgIpc) is 2.33. The highest BCUT2D eigenvalue weighted by Crippen LogP contribution is 2.22. The molecule has 4 heteroatoms. The minimum absolute atomic E-state index is 0.0503. The van der Waals surface area contributed by atoms with Crippen molar-refractivity contribution in [2.45, 2.75) is 0 Å². The summed E-state index contributed by atoms with van der Waals surface area (Å²) in [4.78, 5) is 12.1. The molecule has 2 aromatic rings. The van der Waals surface area contributed by atoms with Crippen LogP contribution in [0.25, 0.3) is 0 Å². The summed E-state index contributed by atoms with van der Waals surface area (Å²) >= 11 is 3.30. The SMILES string of the molecule is Nc1ccc(C(=O)c2ccc(N)c(Br)c2)cc1. The van der Waals surface area contributed by atoms with Gasteiger partial charge in [0, 0.05) is 27.0 Å². The van der Waals surface area contributed by atoms with Gasteiger partial charge in [-0.15, -0.1) is 0 Å². The Bertz CT molecular complexity index is 564. The highest BCUT2D eigenvalue weighted by molar-refractivity contribution is 9.10. The number of hydrogen-bond acceptors (Lipinski definition) is 3. The summed E-state index contributed by atoms with van der Waals surface area (Å²) in [6.45, 7) is 0. The van der Waals surface area contributed by atoms with Gasteiger partial charge in [-0.05, 0) is 58.4 Å². The van der Waals surface area contributed by atoms with Crippen molar-refractivity contribution < 1.29 is 4.79 Å². The maximum Gasteiger partial charge on any atom is 0.193 e. The first-order chi connectivity index (χ1) is 8.08. The Kier molecular flexibility index (Phi) is 3.15. The van der Waals surface area contributed by atoms with E-state index in [9.17, 15) is 4.79 Å². The molecule has 0 radical (unpaired) electrons. The van der Waals surface area contributed by atoms with E-state index in [0.29, 0.717) is 22.5 Å². The molecule has 0 atom stereocenters. The van der Waals surface area contributed by atoms with Crippen molar-refractivity contribution in [3.63, 3.8) is 0 Å². The lowest BCUT2D eigenvalue weighted by Crippen LogP contribution is -2.02. The quantitative estimate of drug-likeness (QED) is 0.660. The molecule has 3 nitrogen and oxygen atoms in total. The topological polar surface area (TPSA) is 69.1 Å². The Labute approximate surface area is 108 Å². The molecule has 17 heavy (non-hydrogen) atoms. The van der Waals surface area contributed by atoms with Gasteiger partial charge in [-0.1, -0.05) is 0 Å². The van der Waals surface area contributed by atoms with Crippen molar-refractivity contribution in [3.05, 3.63) is 58.1 Å². The second kappa shape index (κ2) is 4.59. The number of nitrogens with two attached hydrogens (primary N) is 2. The lowest BCUT2D eigenvalue weighted by molar-refractivity contribution is 0.103. The van der Waals surface area contributed by atoms with Crippen LogP contribution in [0.5, 0.6) is 0 Å². The molecule has 4 N–H and O–H groups in total. The molecule has 0 fully saturated rings. The number of halogens is 1. The lowest BCUT2D eigenvalue weighted by atomic mass is 10.0. The van der Waals surface area contributed by atoms with E-state index in [2.05, 4.69) is 15.9 Å². The smallest absolute Gasteiger partial charge is 0.193 e. The second-order valence-corrected chi connectivity index (χ2v) is 4.54. The van der Waals surface area contributed by atoms with Crippen LogP contribution >= 0.6 is 15.9 Å². The molecule has 2 aromatic carbocycles. The Morgan fingerprint density at radius 3 is 2.12 bits per heavy atom. The summed E-state index contributed by atoms with van der Waals surface area (Å²) in [5.41, 5.74) is 13.7. The number of benzene rings is 2. The first-order valence-electron chi connectivity index (χ1n) is 5.03. The standard InChI is InChI=1S/C13H11BrN2O/c14-11-7-9(3-6-12(11)16)13(17)8-1-4-10(15)5-2-8/h1-7H,15-16H2. The van der Waals surface area contributed by atoms with Crippen molar-refractivity contribution >= 4 is 33.1 Å². The summed E-state index contributed by atoms with van der Waals surface area (Å²) in [6.07, 6.45) is 0. The molecule has 0 aromatic heterocycles. The van der Waals surface area contributed by atoms with E-state index in [4.69, 9.17) is 11.5 Å². The predicted octanol–water partition coefficient (Wildman–Crippen LogP) is 2.84. The number of ketones is 1. The van der Waals surface area contributed by atoms with Crippen LogP contribution < -0.4 is 11.5 Å². The van der Waals surface area contributed by atoms with Crippen LogP contribution in [0.3, 0.4) is 0 Å². The van der Waals surface area contributed by atoms with E-state index in [0.717, 1.165) is 4.47 Å². The highest BCUT2D eigenvalue weighted by Gasteiger charge is 2.09. The van der Waals surface area contributed by atoms with Gasteiger partial charge in [0.2, 0.25) is 0 Å². The minimum Gasteiger partial charge on any atom is -0.399 e. The Balaban J connectivity index is 2.37. The number of carbonyl (C=O) groups is 1. The Morgan fingerprint density at radius 1 is 0.941 bits per heavy atom. The fourth-order valence-corrected chi connectivity index (χ4v) is 1.85. The summed E-state index contributed by atoms with van der Waals surface area (Å²) < 4.78 is 0.721. The zero-order valence-electron chi connectivity index (χ0n) is 8.98. The Hall–Kier alpha value is -1.81. The van der Waals surface area contributed by atoms with Crippen LogP contribution in [0.1, 0.15) is 15.9 Å². The zero-order valence-corrected chi connectivity index (χ0v) is 10.6. The maximum absolute atomic E-state index is 12.1. The maximum atomic E-state index is 12.1. The molecule has 0 unspecified atom stereocenters. The molecule has 0 aliphatic carbocycles. The van der Waals surface area contributed by atoms with Crippen LogP contribution in [0, 0.1) is 0 Å². The molecule has 2 rings (SSSR count). The van der Waals surface area contributed by atoms with Crippen molar-refractivity contribution in [3.8, 4) is 0 Å². The molecule has 0 aliphatic heterocycles. The fourth-order valence-electron chi connectivity index (χ4n) is 1.47. The number of hydrogen-bond donors (Lipinski definition) is 2. The van der Waals surface area contributed by atoms with E-state index < -0.39 is 0 Å². The van der Waals surface area contributed by atoms with Gasteiger partial charge in [-0.2, -0.15) is 0 Å². The molecule has 0 aliphatic rings. The van der Waals surface area contributed by atoms with Crippen LogP contribution in [-0.4, -0.2) is 5.78 Å². The number of anilines is 2. The van der Waals surface area contributed by atoms with E-state index in [1.165, 1.54) is 0 Å². The molecule has 0 saturated heterocycles. The van der Waals surface area contributed by atoms with Crippen LogP contribution in [0.15, 0.2) is 46.9 Å². The van der Waals surface area contributed by atoms with Gasteiger partial charge in [0.1, 0.15) is 0 Å². The third-order valence-electron chi connectivity index (χ3n) is 2.44. The van der Waals surface area contributed by atoms with Gasteiger partial charge in [0.25, 0.3) is 0 Å².